The van der Waals surface area contributed by atoms with Gasteiger partial charge in [-0.3, -0.25) is 9.69 Å². The number of hydrogen-bond donors (Lipinski definition) is 2. The van der Waals surface area contributed by atoms with Crippen LogP contribution in [0.15, 0.2) is 48.7 Å². The number of nitrogens with two attached hydrogens (primary N) is 1. The van der Waals surface area contributed by atoms with Gasteiger partial charge < -0.3 is 16.0 Å². The van der Waals surface area contributed by atoms with E-state index in [4.69, 9.17) is 5.73 Å². The van der Waals surface area contributed by atoms with Crippen molar-refractivity contribution in [3.63, 3.8) is 0 Å². The number of nitrogens with zero attached hydrogens (tertiary/aromatic N) is 3. The topological polar surface area (TPSA) is 74.5 Å². The summed E-state index contributed by atoms with van der Waals surface area (Å²) in [6, 6.07) is 14.1. The first-order valence-electron chi connectivity index (χ1n) is 12.2. The minimum absolute atomic E-state index is 0.0924. The predicted octanol–water partition coefficient (Wildman–Crippen LogP) is 3.68. The van der Waals surface area contributed by atoms with E-state index in [0.717, 1.165) is 48.7 Å². The van der Waals surface area contributed by atoms with Gasteiger partial charge in [0.25, 0.3) is 5.91 Å². The fraction of sp³-hybridized carbons (Fsp3) is 0.357. The molecular formula is C28H31N5OS. The molecule has 1 aromatic heterocycles. The van der Waals surface area contributed by atoms with Crippen molar-refractivity contribution in [1.29, 1.82) is 0 Å². The predicted molar refractivity (Wildman–Crippen MR) is 141 cm³/mol. The van der Waals surface area contributed by atoms with Crippen LogP contribution in [0, 0.1) is 11.8 Å². The lowest BCUT2D eigenvalue weighted by Crippen LogP contribution is -2.44. The molecule has 1 amide bonds. The van der Waals surface area contributed by atoms with Crippen molar-refractivity contribution in [3.8, 4) is 11.8 Å². The summed E-state index contributed by atoms with van der Waals surface area (Å²) < 4.78 is 0. The maximum atomic E-state index is 12.8. The van der Waals surface area contributed by atoms with Crippen molar-refractivity contribution in [1.82, 2.24) is 20.1 Å². The molecule has 35 heavy (non-hydrogen) atoms. The molecule has 0 bridgehead atoms. The number of thiazole rings is 1. The SMILES string of the molecule is CN1CCN(Cc2ccc(CNC(=O)c3cccc(C#Cc4cnc(N)s4)c3)cc2C2CC2)CC1. The zero-order valence-corrected chi connectivity index (χ0v) is 20.9. The van der Waals surface area contributed by atoms with E-state index in [1.807, 2.05) is 24.3 Å². The molecule has 6 nitrogen and oxygen atoms in total. The van der Waals surface area contributed by atoms with Crippen molar-refractivity contribution >= 4 is 22.4 Å². The Morgan fingerprint density at radius 1 is 1.14 bits per heavy atom. The molecule has 3 aromatic rings. The lowest BCUT2D eigenvalue weighted by atomic mass is 9.99. The van der Waals surface area contributed by atoms with Crippen LogP contribution in [0.1, 0.15) is 56.2 Å². The van der Waals surface area contributed by atoms with E-state index in [2.05, 4.69) is 57.2 Å². The summed E-state index contributed by atoms with van der Waals surface area (Å²) in [5, 5.41) is 3.58. The summed E-state index contributed by atoms with van der Waals surface area (Å²) in [6.45, 7) is 6.06. The number of nitrogens with one attached hydrogen (secondary N) is 1. The van der Waals surface area contributed by atoms with Crippen LogP contribution in [0.2, 0.25) is 0 Å². The third-order valence-electron chi connectivity index (χ3n) is 6.65. The smallest absolute Gasteiger partial charge is 0.251 e. The third kappa shape index (κ3) is 6.29. The Bertz CT molecular complexity index is 1260. The van der Waals surface area contributed by atoms with Gasteiger partial charge in [-0.25, -0.2) is 4.98 Å². The molecule has 0 unspecified atom stereocenters. The van der Waals surface area contributed by atoms with Crippen molar-refractivity contribution in [2.24, 2.45) is 0 Å². The number of likely N-dealkylation sites (N-methyl/N-ethyl adjacent to an activating group) is 1. The van der Waals surface area contributed by atoms with E-state index < -0.39 is 0 Å². The third-order valence-corrected chi connectivity index (χ3v) is 7.39. The van der Waals surface area contributed by atoms with E-state index in [-0.39, 0.29) is 5.91 Å². The quantitative estimate of drug-likeness (QED) is 0.521. The lowest BCUT2D eigenvalue weighted by molar-refractivity contribution is 0.0951. The molecule has 0 radical (unpaired) electrons. The van der Waals surface area contributed by atoms with E-state index in [1.165, 1.54) is 35.3 Å². The number of amides is 1. The van der Waals surface area contributed by atoms with Gasteiger partial charge in [0.2, 0.25) is 0 Å². The highest BCUT2D eigenvalue weighted by Crippen LogP contribution is 2.42. The number of carbonyl (C=O) groups is 1. The minimum Gasteiger partial charge on any atom is -0.375 e. The second-order valence-electron chi connectivity index (χ2n) is 9.46. The van der Waals surface area contributed by atoms with E-state index in [0.29, 0.717) is 23.2 Å². The van der Waals surface area contributed by atoms with Crippen LogP contribution in [0.4, 0.5) is 5.13 Å². The summed E-state index contributed by atoms with van der Waals surface area (Å²) in [5.41, 5.74) is 11.1. The van der Waals surface area contributed by atoms with Crippen LogP contribution in [0.3, 0.4) is 0 Å². The summed E-state index contributed by atoms with van der Waals surface area (Å²) >= 11 is 1.35. The summed E-state index contributed by atoms with van der Waals surface area (Å²) in [5.74, 6) is 6.73. The van der Waals surface area contributed by atoms with Crippen molar-refractivity contribution < 1.29 is 4.79 Å². The number of rotatable bonds is 6. The summed E-state index contributed by atoms with van der Waals surface area (Å²) in [6.07, 6.45) is 4.21. The van der Waals surface area contributed by atoms with Crippen LogP contribution in [0.25, 0.3) is 0 Å². The number of benzene rings is 2. The number of aromatic nitrogens is 1. The average molecular weight is 486 g/mol. The molecule has 2 aromatic carbocycles. The van der Waals surface area contributed by atoms with Gasteiger partial charge in [0.05, 0.1) is 11.1 Å². The van der Waals surface area contributed by atoms with Gasteiger partial charge in [-0.1, -0.05) is 41.5 Å². The maximum absolute atomic E-state index is 12.8. The second kappa shape index (κ2) is 10.6. The molecule has 7 heteroatoms. The minimum atomic E-state index is -0.0924. The highest BCUT2D eigenvalue weighted by molar-refractivity contribution is 7.15. The Labute approximate surface area is 211 Å². The first kappa shape index (κ1) is 23.6. The van der Waals surface area contributed by atoms with Gasteiger partial charge in [-0.05, 0) is 66.6 Å². The number of hydrogen-bond acceptors (Lipinski definition) is 6. The molecule has 0 atom stereocenters. The van der Waals surface area contributed by atoms with E-state index in [9.17, 15) is 4.79 Å². The molecule has 2 heterocycles. The molecule has 3 N–H and O–H groups in total. The molecule has 1 aliphatic carbocycles. The van der Waals surface area contributed by atoms with Gasteiger partial charge in [0.15, 0.2) is 5.13 Å². The van der Waals surface area contributed by atoms with Crippen LogP contribution < -0.4 is 11.1 Å². The first-order chi connectivity index (χ1) is 17.0. The molecule has 2 fully saturated rings. The Balaban J connectivity index is 1.22. The number of piperazine rings is 1. The molecule has 1 saturated carbocycles. The zero-order valence-electron chi connectivity index (χ0n) is 20.1. The number of anilines is 1. The fourth-order valence-electron chi connectivity index (χ4n) is 4.42. The molecular weight excluding hydrogens is 454 g/mol. The highest BCUT2D eigenvalue weighted by Gasteiger charge is 2.27. The van der Waals surface area contributed by atoms with E-state index in [1.54, 1.807) is 6.20 Å². The van der Waals surface area contributed by atoms with Gasteiger partial charge in [0.1, 0.15) is 0 Å². The van der Waals surface area contributed by atoms with Crippen molar-refractivity contribution in [3.05, 3.63) is 81.4 Å². The number of carbonyl (C=O) groups excluding carboxylic acids is 1. The monoisotopic (exact) mass is 485 g/mol. The lowest BCUT2D eigenvalue weighted by Gasteiger charge is -2.32. The molecule has 5 rings (SSSR count). The largest absolute Gasteiger partial charge is 0.375 e. The summed E-state index contributed by atoms with van der Waals surface area (Å²) in [4.78, 5) is 22.6. The maximum Gasteiger partial charge on any atom is 0.251 e. The Morgan fingerprint density at radius 3 is 2.71 bits per heavy atom. The second-order valence-corrected chi connectivity index (χ2v) is 10.5. The van der Waals surface area contributed by atoms with Gasteiger partial charge in [0, 0.05) is 50.4 Å². The van der Waals surface area contributed by atoms with Gasteiger partial charge in [-0.15, -0.1) is 0 Å². The zero-order chi connectivity index (χ0) is 24.2. The van der Waals surface area contributed by atoms with E-state index >= 15 is 0 Å². The van der Waals surface area contributed by atoms with Gasteiger partial charge in [-0.2, -0.15) is 0 Å². The Hall–Kier alpha value is -3.18. The first-order valence-corrected chi connectivity index (χ1v) is 13.0. The van der Waals surface area contributed by atoms with Crippen LogP contribution in [-0.2, 0) is 13.1 Å². The molecule has 180 valence electrons. The number of nitrogen functional groups attached to an aromatic ring is 1. The molecule has 1 aliphatic heterocycles. The molecule has 0 spiro atoms. The fourth-order valence-corrected chi connectivity index (χ4v) is 4.96. The standard InChI is InChI=1S/C28H31N5OS/c1-32-11-13-33(14-12-32)19-24-7-5-21(16-26(24)22-8-9-22)17-30-27(34)23-4-2-3-20(15-23)6-10-25-18-31-28(29)35-25/h2-5,7,15-16,18,22H,8-9,11-14,17,19H2,1H3,(H2,29,31)(H,30,34). The van der Waals surface area contributed by atoms with Crippen molar-refractivity contribution in [2.75, 3.05) is 39.0 Å². The van der Waals surface area contributed by atoms with Crippen LogP contribution in [0.5, 0.6) is 0 Å². The Kier molecular flexibility index (Phi) is 7.14. The van der Waals surface area contributed by atoms with Crippen LogP contribution in [-0.4, -0.2) is 53.9 Å². The van der Waals surface area contributed by atoms with Gasteiger partial charge >= 0.3 is 0 Å². The highest BCUT2D eigenvalue weighted by atomic mass is 32.1. The molecule has 2 aliphatic rings. The average Bonchev–Trinajstić information content (AvgIpc) is 3.64. The molecule has 1 saturated heterocycles. The Morgan fingerprint density at radius 2 is 1.97 bits per heavy atom. The van der Waals surface area contributed by atoms with Crippen LogP contribution >= 0.6 is 11.3 Å². The van der Waals surface area contributed by atoms with Crippen molar-refractivity contribution in [2.45, 2.75) is 31.8 Å². The summed E-state index contributed by atoms with van der Waals surface area (Å²) in [7, 11) is 2.19. The normalized spacial score (nSPS) is 16.5.